The van der Waals surface area contributed by atoms with Gasteiger partial charge in [-0.25, -0.2) is 4.39 Å². The van der Waals surface area contributed by atoms with E-state index >= 15 is 0 Å². The summed E-state index contributed by atoms with van der Waals surface area (Å²) in [5.41, 5.74) is 2.47. The lowest BCUT2D eigenvalue weighted by Gasteiger charge is -2.03. The lowest BCUT2D eigenvalue weighted by Crippen LogP contribution is -2.01. The Morgan fingerprint density at radius 3 is 2.94 bits per heavy atom. The second kappa shape index (κ2) is 4.34. The highest BCUT2D eigenvalue weighted by Gasteiger charge is 2.06. The van der Waals surface area contributed by atoms with Gasteiger partial charge in [0.2, 0.25) is 0 Å². The first-order valence-corrected chi connectivity index (χ1v) is 5.93. The average Bonchev–Trinajstić information content (AvgIpc) is 2.67. The average molecular weight is 259 g/mol. The first-order chi connectivity index (χ1) is 8.74. The summed E-state index contributed by atoms with van der Waals surface area (Å²) in [7, 11) is 0. The molecule has 0 aliphatic heterocycles. The summed E-state index contributed by atoms with van der Waals surface area (Å²) in [6.45, 7) is 0.531. The summed E-state index contributed by atoms with van der Waals surface area (Å²) >= 11 is 5.25. The molecule has 0 bridgehead atoms. The molecule has 1 aromatic carbocycles. The maximum absolute atomic E-state index is 13.3. The molecular formula is C13H10FN3S. The van der Waals surface area contributed by atoms with Gasteiger partial charge in [0.25, 0.3) is 0 Å². The third-order valence-corrected chi connectivity index (χ3v) is 3.11. The van der Waals surface area contributed by atoms with Crippen molar-refractivity contribution in [3.8, 4) is 0 Å². The number of fused-ring (bicyclic) bond motifs is 1. The van der Waals surface area contributed by atoms with Crippen LogP contribution < -0.4 is 0 Å². The number of nitrogens with zero attached hydrogens (tertiary/aromatic N) is 2. The van der Waals surface area contributed by atoms with E-state index < -0.39 is 0 Å². The van der Waals surface area contributed by atoms with Crippen LogP contribution in [-0.2, 0) is 6.54 Å². The molecule has 90 valence electrons. The fourth-order valence-corrected chi connectivity index (χ4v) is 2.21. The third kappa shape index (κ3) is 1.93. The molecule has 0 aliphatic carbocycles. The van der Waals surface area contributed by atoms with E-state index in [0.717, 1.165) is 16.7 Å². The van der Waals surface area contributed by atoms with Crippen molar-refractivity contribution in [2.75, 3.05) is 0 Å². The molecule has 1 N–H and O–H groups in total. The molecule has 0 atom stereocenters. The predicted octanol–water partition coefficient (Wildman–Crippen LogP) is 3.28. The van der Waals surface area contributed by atoms with Crippen LogP contribution in [0.5, 0.6) is 0 Å². The molecule has 0 unspecified atom stereocenters. The number of nitrogens with one attached hydrogen (secondary N) is 1. The Kier molecular flexibility index (Phi) is 2.68. The summed E-state index contributed by atoms with van der Waals surface area (Å²) in [6.07, 6.45) is 1.73. The van der Waals surface area contributed by atoms with Crippen molar-refractivity contribution in [1.82, 2.24) is 14.5 Å². The summed E-state index contributed by atoms with van der Waals surface area (Å²) in [5.74, 6) is -0.272. The van der Waals surface area contributed by atoms with Gasteiger partial charge in [0.1, 0.15) is 5.82 Å². The predicted molar refractivity (Wildman–Crippen MR) is 70.4 cm³/mol. The van der Waals surface area contributed by atoms with E-state index in [0.29, 0.717) is 11.3 Å². The molecule has 0 radical (unpaired) electrons. The first-order valence-electron chi connectivity index (χ1n) is 5.52. The number of imidazole rings is 1. The second-order valence-corrected chi connectivity index (χ2v) is 4.39. The van der Waals surface area contributed by atoms with Crippen LogP contribution in [0.4, 0.5) is 4.39 Å². The van der Waals surface area contributed by atoms with Crippen LogP contribution in [-0.4, -0.2) is 14.5 Å². The fourth-order valence-electron chi connectivity index (χ4n) is 1.94. The summed E-state index contributed by atoms with van der Waals surface area (Å²) in [6, 6.07) is 10.3. The number of hydrogen-bond acceptors (Lipinski definition) is 2. The molecule has 2 aromatic heterocycles. The number of hydrogen-bond donors (Lipinski definition) is 1. The highest BCUT2D eigenvalue weighted by Crippen LogP contribution is 2.16. The van der Waals surface area contributed by atoms with Crippen LogP contribution in [0.2, 0.25) is 0 Å². The van der Waals surface area contributed by atoms with E-state index in [-0.39, 0.29) is 5.82 Å². The fraction of sp³-hybridized carbons (Fsp3) is 0.0769. The van der Waals surface area contributed by atoms with Crippen LogP contribution in [0.25, 0.3) is 11.0 Å². The topological polar surface area (TPSA) is 33.6 Å². The SMILES string of the molecule is Fc1ccc2[nH]c(=S)n(Cc3ccccn3)c2c1. The molecule has 2 heterocycles. The van der Waals surface area contributed by atoms with Crippen LogP contribution in [0, 0.1) is 10.6 Å². The number of H-pyrrole nitrogens is 1. The normalized spacial score (nSPS) is 10.9. The molecule has 3 rings (SSSR count). The number of rotatable bonds is 2. The van der Waals surface area contributed by atoms with Crippen molar-refractivity contribution in [1.29, 1.82) is 0 Å². The van der Waals surface area contributed by atoms with Gasteiger partial charge in [-0.3, -0.25) is 4.98 Å². The maximum Gasteiger partial charge on any atom is 0.178 e. The van der Waals surface area contributed by atoms with Gasteiger partial charge in [-0.1, -0.05) is 6.07 Å². The molecule has 0 aliphatic rings. The molecule has 0 amide bonds. The van der Waals surface area contributed by atoms with E-state index in [1.54, 1.807) is 12.3 Å². The molecule has 0 spiro atoms. The highest BCUT2D eigenvalue weighted by molar-refractivity contribution is 7.71. The Balaban J connectivity index is 2.14. The minimum atomic E-state index is -0.272. The number of benzene rings is 1. The Hall–Kier alpha value is -2.01. The number of aromatic nitrogens is 3. The summed E-state index contributed by atoms with van der Waals surface area (Å²) in [4.78, 5) is 7.31. The minimum absolute atomic E-state index is 0.272. The molecular weight excluding hydrogens is 249 g/mol. The molecule has 0 saturated heterocycles. The van der Waals surface area contributed by atoms with Crippen molar-refractivity contribution in [2.45, 2.75) is 6.54 Å². The zero-order chi connectivity index (χ0) is 12.5. The highest BCUT2D eigenvalue weighted by atomic mass is 32.1. The van der Waals surface area contributed by atoms with Crippen molar-refractivity contribution < 1.29 is 4.39 Å². The van der Waals surface area contributed by atoms with Gasteiger partial charge in [0.05, 0.1) is 23.3 Å². The number of aromatic amines is 1. The van der Waals surface area contributed by atoms with E-state index in [2.05, 4.69) is 9.97 Å². The number of halogens is 1. The molecule has 3 nitrogen and oxygen atoms in total. The van der Waals surface area contributed by atoms with Gasteiger partial charge in [-0.2, -0.15) is 0 Å². The summed E-state index contributed by atoms with van der Waals surface area (Å²) < 4.78 is 15.7. The lowest BCUT2D eigenvalue weighted by atomic mass is 10.3. The van der Waals surface area contributed by atoms with Crippen molar-refractivity contribution in [3.63, 3.8) is 0 Å². The zero-order valence-corrected chi connectivity index (χ0v) is 10.2. The van der Waals surface area contributed by atoms with Gasteiger partial charge >= 0.3 is 0 Å². The zero-order valence-electron chi connectivity index (χ0n) is 9.43. The molecule has 5 heteroatoms. The van der Waals surface area contributed by atoms with Crippen LogP contribution in [0.3, 0.4) is 0 Å². The minimum Gasteiger partial charge on any atom is -0.331 e. The quantitative estimate of drug-likeness (QED) is 0.716. The van der Waals surface area contributed by atoms with Gasteiger partial charge < -0.3 is 9.55 Å². The third-order valence-electron chi connectivity index (χ3n) is 2.78. The van der Waals surface area contributed by atoms with Gasteiger partial charge in [-0.15, -0.1) is 0 Å². The van der Waals surface area contributed by atoms with Gasteiger partial charge in [0, 0.05) is 6.20 Å². The lowest BCUT2D eigenvalue weighted by molar-refractivity contribution is 0.628. The van der Waals surface area contributed by atoms with Crippen LogP contribution in [0.15, 0.2) is 42.6 Å². The number of pyridine rings is 1. The van der Waals surface area contributed by atoms with E-state index in [4.69, 9.17) is 12.2 Å². The maximum atomic E-state index is 13.3. The van der Waals surface area contributed by atoms with Crippen LogP contribution in [0.1, 0.15) is 5.69 Å². The second-order valence-electron chi connectivity index (χ2n) is 4.00. The molecule has 3 aromatic rings. The Morgan fingerprint density at radius 1 is 1.28 bits per heavy atom. The molecule has 0 fully saturated rings. The van der Waals surface area contributed by atoms with E-state index in [9.17, 15) is 4.39 Å². The summed E-state index contributed by atoms with van der Waals surface area (Å²) in [5, 5.41) is 0. The van der Waals surface area contributed by atoms with E-state index in [1.165, 1.54) is 12.1 Å². The first kappa shape index (κ1) is 11.1. The Labute approximate surface area is 108 Å². The Bertz CT molecular complexity index is 746. The van der Waals surface area contributed by atoms with Gasteiger partial charge in [-0.05, 0) is 42.5 Å². The smallest absolute Gasteiger partial charge is 0.178 e. The van der Waals surface area contributed by atoms with Gasteiger partial charge in [0.15, 0.2) is 4.77 Å². The van der Waals surface area contributed by atoms with Crippen molar-refractivity contribution in [3.05, 3.63) is 58.9 Å². The molecule has 18 heavy (non-hydrogen) atoms. The van der Waals surface area contributed by atoms with Crippen LogP contribution >= 0.6 is 12.2 Å². The Morgan fingerprint density at radius 2 is 2.17 bits per heavy atom. The van der Waals surface area contributed by atoms with Crippen molar-refractivity contribution in [2.24, 2.45) is 0 Å². The largest absolute Gasteiger partial charge is 0.331 e. The standard InChI is InChI=1S/C13H10FN3S/c14-9-4-5-11-12(7-9)17(13(18)16-11)8-10-3-1-2-6-15-10/h1-7H,8H2,(H,16,18). The monoisotopic (exact) mass is 259 g/mol. The molecule has 0 saturated carbocycles. The van der Waals surface area contributed by atoms with E-state index in [1.807, 2.05) is 22.8 Å². The van der Waals surface area contributed by atoms with Crippen molar-refractivity contribution >= 4 is 23.3 Å².